The number of hydrogen-bond acceptors (Lipinski definition) is 4. The minimum Gasteiger partial charge on any atom is -0.497 e. The summed E-state index contributed by atoms with van der Waals surface area (Å²) in [7, 11) is 1.69. The van der Waals surface area contributed by atoms with Crippen LogP contribution in [0.15, 0.2) is 12.1 Å². The highest BCUT2D eigenvalue weighted by Gasteiger charge is 2.10. The van der Waals surface area contributed by atoms with Gasteiger partial charge in [-0.2, -0.15) is 0 Å². The Morgan fingerprint density at radius 2 is 2.11 bits per heavy atom. The summed E-state index contributed by atoms with van der Waals surface area (Å²) in [4.78, 5) is 7.00. The van der Waals surface area contributed by atoms with Crippen LogP contribution in [0, 0.1) is 12.8 Å². The number of rotatable bonds is 8. The second kappa shape index (κ2) is 8.12. The molecule has 2 N–H and O–H groups in total. The van der Waals surface area contributed by atoms with Gasteiger partial charge in [-0.15, -0.1) is 0 Å². The van der Waals surface area contributed by atoms with Gasteiger partial charge in [0.2, 0.25) is 0 Å². The van der Waals surface area contributed by atoms with E-state index in [4.69, 9.17) is 10.5 Å². The Morgan fingerprint density at radius 3 is 2.68 bits per heavy atom. The fourth-order valence-electron chi connectivity index (χ4n) is 2.20. The summed E-state index contributed by atoms with van der Waals surface area (Å²) in [5, 5.41) is 0. The van der Waals surface area contributed by atoms with Crippen molar-refractivity contribution >= 4 is 0 Å². The van der Waals surface area contributed by atoms with E-state index in [1.165, 1.54) is 0 Å². The molecular formula is C15H27N3O. The average Bonchev–Trinajstić information content (AvgIpc) is 2.34. The SMILES string of the molecule is COc1cc(C)nc(CN(CCCN)CC(C)C)c1. The van der Waals surface area contributed by atoms with E-state index < -0.39 is 0 Å². The zero-order valence-electron chi connectivity index (χ0n) is 12.6. The smallest absolute Gasteiger partial charge is 0.122 e. The van der Waals surface area contributed by atoms with Gasteiger partial charge in [0.15, 0.2) is 0 Å². The molecule has 0 aliphatic carbocycles. The molecule has 0 aliphatic heterocycles. The van der Waals surface area contributed by atoms with Crippen LogP contribution in [0.4, 0.5) is 0 Å². The zero-order chi connectivity index (χ0) is 14.3. The Kier molecular flexibility index (Phi) is 6.81. The summed E-state index contributed by atoms with van der Waals surface area (Å²) in [5.41, 5.74) is 7.67. The Hall–Kier alpha value is -1.13. The second-order valence-corrected chi connectivity index (χ2v) is 5.41. The Balaban J connectivity index is 2.73. The van der Waals surface area contributed by atoms with Crippen LogP contribution in [-0.2, 0) is 6.54 Å². The summed E-state index contributed by atoms with van der Waals surface area (Å²) in [6, 6.07) is 3.97. The predicted octanol–water partition coefficient (Wildman–Crippen LogP) is 2.21. The molecule has 0 bridgehead atoms. The average molecular weight is 265 g/mol. The third kappa shape index (κ3) is 6.03. The lowest BCUT2D eigenvalue weighted by atomic mass is 10.2. The summed E-state index contributed by atoms with van der Waals surface area (Å²) in [6.07, 6.45) is 1.02. The highest BCUT2D eigenvalue weighted by Crippen LogP contribution is 2.15. The van der Waals surface area contributed by atoms with Crippen molar-refractivity contribution in [2.24, 2.45) is 11.7 Å². The van der Waals surface area contributed by atoms with Gasteiger partial charge in [-0.3, -0.25) is 9.88 Å². The third-order valence-electron chi connectivity index (χ3n) is 2.90. The molecule has 1 aromatic heterocycles. The third-order valence-corrected chi connectivity index (χ3v) is 2.90. The first-order valence-corrected chi connectivity index (χ1v) is 6.99. The molecule has 0 unspecified atom stereocenters. The van der Waals surface area contributed by atoms with E-state index in [0.717, 1.165) is 49.7 Å². The van der Waals surface area contributed by atoms with Crippen molar-refractivity contribution in [3.63, 3.8) is 0 Å². The summed E-state index contributed by atoms with van der Waals surface area (Å²) >= 11 is 0. The minimum atomic E-state index is 0.643. The van der Waals surface area contributed by atoms with E-state index in [1.807, 2.05) is 19.1 Å². The van der Waals surface area contributed by atoms with Crippen LogP contribution >= 0.6 is 0 Å². The number of nitrogens with two attached hydrogens (primary N) is 1. The van der Waals surface area contributed by atoms with Crippen molar-refractivity contribution in [2.75, 3.05) is 26.7 Å². The summed E-state index contributed by atoms with van der Waals surface area (Å²) < 4.78 is 5.30. The molecule has 0 fully saturated rings. The molecule has 1 heterocycles. The quantitative estimate of drug-likeness (QED) is 0.783. The van der Waals surface area contributed by atoms with Gasteiger partial charge in [0.25, 0.3) is 0 Å². The van der Waals surface area contributed by atoms with Gasteiger partial charge in [0.05, 0.1) is 12.8 Å². The van der Waals surface area contributed by atoms with Gasteiger partial charge in [-0.1, -0.05) is 13.8 Å². The molecule has 108 valence electrons. The van der Waals surface area contributed by atoms with Gasteiger partial charge < -0.3 is 10.5 Å². The number of aromatic nitrogens is 1. The second-order valence-electron chi connectivity index (χ2n) is 5.41. The molecule has 0 saturated heterocycles. The van der Waals surface area contributed by atoms with Crippen LogP contribution in [-0.4, -0.2) is 36.6 Å². The van der Waals surface area contributed by atoms with E-state index in [-0.39, 0.29) is 0 Å². The van der Waals surface area contributed by atoms with Crippen molar-refractivity contribution in [3.05, 3.63) is 23.5 Å². The molecule has 0 saturated carbocycles. The molecule has 0 aliphatic rings. The van der Waals surface area contributed by atoms with Gasteiger partial charge in [-0.05, 0) is 32.4 Å². The molecule has 0 spiro atoms. The Bertz CT molecular complexity index is 380. The van der Waals surface area contributed by atoms with E-state index >= 15 is 0 Å². The lowest BCUT2D eigenvalue weighted by Gasteiger charge is -2.24. The maximum absolute atomic E-state index is 5.61. The maximum Gasteiger partial charge on any atom is 0.122 e. The molecule has 0 radical (unpaired) electrons. The summed E-state index contributed by atoms with van der Waals surface area (Å²) in [5.74, 6) is 1.52. The van der Waals surface area contributed by atoms with Gasteiger partial charge >= 0.3 is 0 Å². The van der Waals surface area contributed by atoms with Crippen molar-refractivity contribution < 1.29 is 4.74 Å². The Morgan fingerprint density at radius 1 is 1.37 bits per heavy atom. The molecule has 0 amide bonds. The van der Waals surface area contributed by atoms with Crippen LogP contribution in [0.1, 0.15) is 31.7 Å². The number of pyridine rings is 1. The molecule has 4 heteroatoms. The number of hydrogen-bond donors (Lipinski definition) is 1. The van der Waals surface area contributed by atoms with E-state index in [9.17, 15) is 0 Å². The predicted molar refractivity (Wildman–Crippen MR) is 79.3 cm³/mol. The first kappa shape index (κ1) is 15.9. The van der Waals surface area contributed by atoms with Gasteiger partial charge in [0, 0.05) is 30.9 Å². The number of nitrogens with zero attached hydrogens (tertiary/aromatic N) is 2. The highest BCUT2D eigenvalue weighted by molar-refractivity contribution is 5.26. The zero-order valence-corrected chi connectivity index (χ0v) is 12.6. The fourth-order valence-corrected chi connectivity index (χ4v) is 2.20. The van der Waals surface area contributed by atoms with E-state index in [1.54, 1.807) is 7.11 Å². The number of aryl methyl sites for hydroxylation is 1. The first-order chi connectivity index (χ1) is 9.05. The Labute approximate surface area is 117 Å². The van der Waals surface area contributed by atoms with Gasteiger partial charge in [0.1, 0.15) is 5.75 Å². The topological polar surface area (TPSA) is 51.4 Å². The van der Waals surface area contributed by atoms with Crippen molar-refractivity contribution in [2.45, 2.75) is 33.7 Å². The molecule has 0 atom stereocenters. The van der Waals surface area contributed by atoms with E-state index in [0.29, 0.717) is 5.92 Å². The van der Waals surface area contributed by atoms with Crippen LogP contribution in [0.25, 0.3) is 0 Å². The number of ether oxygens (including phenoxy) is 1. The lowest BCUT2D eigenvalue weighted by Crippen LogP contribution is -2.30. The van der Waals surface area contributed by atoms with Crippen molar-refractivity contribution in [1.82, 2.24) is 9.88 Å². The first-order valence-electron chi connectivity index (χ1n) is 6.99. The molecular weight excluding hydrogens is 238 g/mol. The standard InChI is InChI=1S/C15H27N3O/c1-12(2)10-18(7-5-6-16)11-14-9-15(19-4)8-13(3)17-14/h8-9,12H,5-7,10-11,16H2,1-4H3. The minimum absolute atomic E-state index is 0.643. The maximum atomic E-state index is 5.61. The largest absolute Gasteiger partial charge is 0.497 e. The van der Waals surface area contributed by atoms with Crippen LogP contribution < -0.4 is 10.5 Å². The van der Waals surface area contributed by atoms with Crippen molar-refractivity contribution in [1.29, 1.82) is 0 Å². The van der Waals surface area contributed by atoms with Crippen LogP contribution in [0.3, 0.4) is 0 Å². The number of methoxy groups -OCH3 is 1. The molecule has 0 aromatic carbocycles. The van der Waals surface area contributed by atoms with Crippen LogP contribution in [0.2, 0.25) is 0 Å². The summed E-state index contributed by atoms with van der Waals surface area (Å²) in [6.45, 7) is 10.2. The monoisotopic (exact) mass is 265 g/mol. The van der Waals surface area contributed by atoms with Crippen LogP contribution in [0.5, 0.6) is 5.75 Å². The van der Waals surface area contributed by atoms with Crippen molar-refractivity contribution in [3.8, 4) is 5.75 Å². The molecule has 19 heavy (non-hydrogen) atoms. The van der Waals surface area contributed by atoms with Gasteiger partial charge in [-0.25, -0.2) is 0 Å². The lowest BCUT2D eigenvalue weighted by molar-refractivity contribution is 0.231. The molecule has 4 nitrogen and oxygen atoms in total. The highest BCUT2D eigenvalue weighted by atomic mass is 16.5. The molecule has 1 aromatic rings. The van der Waals surface area contributed by atoms with E-state index in [2.05, 4.69) is 23.7 Å². The molecule has 1 rings (SSSR count). The normalized spacial score (nSPS) is 11.3. The fraction of sp³-hybridized carbons (Fsp3) is 0.667.